The molecule has 2 fully saturated rings. The number of carbonyl (C=O) groups excluding carboxylic acids is 1. The van der Waals surface area contributed by atoms with Crippen LogP contribution >= 0.6 is 11.6 Å². The molecule has 8 nitrogen and oxygen atoms in total. The van der Waals surface area contributed by atoms with Crippen molar-refractivity contribution in [2.24, 2.45) is 0 Å². The van der Waals surface area contributed by atoms with E-state index in [4.69, 9.17) is 11.6 Å². The first kappa shape index (κ1) is 20.3. The van der Waals surface area contributed by atoms with Gasteiger partial charge in [-0.3, -0.25) is 14.6 Å². The van der Waals surface area contributed by atoms with Crippen LogP contribution in [0, 0.1) is 0 Å². The average molecular weight is 418 g/mol. The van der Waals surface area contributed by atoms with Crippen molar-refractivity contribution >= 4 is 23.2 Å². The van der Waals surface area contributed by atoms with E-state index in [9.17, 15) is 4.79 Å². The van der Waals surface area contributed by atoms with Gasteiger partial charge in [0.15, 0.2) is 0 Å². The predicted molar refractivity (Wildman–Crippen MR) is 114 cm³/mol. The molecule has 1 aromatic carbocycles. The Morgan fingerprint density at radius 3 is 2.79 bits per heavy atom. The summed E-state index contributed by atoms with van der Waals surface area (Å²) in [5.74, 6) is -0.0421. The van der Waals surface area contributed by atoms with Crippen molar-refractivity contribution in [1.82, 2.24) is 29.5 Å². The Hall–Kier alpha value is -2.00. The number of likely N-dealkylation sites (tertiary alicyclic amines) is 1. The number of anilines is 1. The van der Waals surface area contributed by atoms with E-state index in [1.54, 1.807) is 23.1 Å². The molecular formula is C20H28ClN7O. The minimum atomic E-state index is -0.0421. The number of benzene rings is 1. The summed E-state index contributed by atoms with van der Waals surface area (Å²) in [7, 11) is 2.20. The first-order valence-corrected chi connectivity index (χ1v) is 10.6. The molecule has 29 heavy (non-hydrogen) atoms. The summed E-state index contributed by atoms with van der Waals surface area (Å²) in [5.41, 5.74) is 1.38. The summed E-state index contributed by atoms with van der Waals surface area (Å²) >= 11 is 6.14. The Balaban J connectivity index is 1.31. The molecule has 0 spiro atoms. The first-order valence-electron chi connectivity index (χ1n) is 10.2. The summed E-state index contributed by atoms with van der Waals surface area (Å²) in [6.45, 7) is 6.61. The number of piperazine rings is 1. The topological polar surface area (TPSA) is 69.5 Å². The van der Waals surface area contributed by atoms with Gasteiger partial charge in [-0.1, -0.05) is 11.6 Å². The molecule has 1 atom stereocenters. The molecule has 2 aliphatic heterocycles. The zero-order valence-electron chi connectivity index (χ0n) is 16.8. The number of nitrogens with one attached hydrogen (secondary N) is 1. The zero-order chi connectivity index (χ0) is 20.2. The Labute approximate surface area is 176 Å². The molecule has 1 N–H and O–H groups in total. The number of amides is 1. The second-order valence-electron chi connectivity index (χ2n) is 7.92. The van der Waals surface area contributed by atoms with Crippen LogP contribution in [0.15, 0.2) is 30.9 Å². The Kier molecular flexibility index (Phi) is 6.44. The van der Waals surface area contributed by atoms with Gasteiger partial charge in [0.2, 0.25) is 5.91 Å². The third-order valence-corrected chi connectivity index (χ3v) is 6.02. The lowest BCUT2D eigenvalue weighted by atomic mass is 10.0. The molecule has 0 radical (unpaired) electrons. The molecule has 2 aliphatic rings. The molecule has 156 valence electrons. The van der Waals surface area contributed by atoms with E-state index < -0.39 is 0 Å². The van der Waals surface area contributed by atoms with Crippen molar-refractivity contribution in [3.05, 3.63) is 35.9 Å². The highest BCUT2D eigenvalue weighted by atomic mass is 35.5. The van der Waals surface area contributed by atoms with Gasteiger partial charge < -0.3 is 10.2 Å². The van der Waals surface area contributed by atoms with Crippen LogP contribution < -0.4 is 5.32 Å². The van der Waals surface area contributed by atoms with E-state index in [1.165, 1.54) is 25.7 Å². The fourth-order valence-electron chi connectivity index (χ4n) is 4.26. The molecular weight excluding hydrogens is 390 g/mol. The second kappa shape index (κ2) is 9.21. The third kappa shape index (κ3) is 5.14. The summed E-state index contributed by atoms with van der Waals surface area (Å²) in [6.07, 6.45) is 5.62. The van der Waals surface area contributed by atoms with Crippen molar-refractivity contribution in [3.8, 4) is 5.69 Å². The van der Waals surface area contributed by atoms with Gasteiger partial charge in [0.25, 0.3) is 0 Å². The van der Waals surface area contributed by atoms with Crippen molar-refractivity contribution in [2.75, 3.05) is 58.2 Å². The van der Waals surface area contributed by atoms with Crippen molar-refractivity contribution in [3.63, 3.8) is 0 Å². The van der Waals surface area contributed by atoms with Gasteiger partial charge in [-0.25, -0.2) is 9.67 Å². The number of rotatable bonds is 5. The average Bonchev–Trinajstić information content (AvgIpc) is 3.23. The fraction of sp³-hybridized carbons (Fsp3) is 0.550. The minimum Gasteiger partial charge on any atom is -0.323 e. The maximum atomic E-state index is 12.7. The van der Waals surface area contributed by atoms with Gasteiger partial charge in [0.1, 0.15) is 12.7 Å². The maximum absolute atomic E-state index is 12.7. The number of nitrogens with zero attached hydrogens (tertiary/aromatic N) is 6. The molecule has 9 heteroatoms. The minimum absolute atomic E-state index is 0.0421. The Bertz CT molecular complexity index is 820. The van der Waals surface area contributed by atoms with Crippen LogP contribution in [-0.2, 0) is 4.79 Å². The highest BCUT2D eigenvalue weighted by molar-refractivity contribution is 6.31. The summed E-state index contributed by atoms with van der Waals surface area (Å²) in [4.78, 5) is 23.9. The SMILES string of the molecule is CN1CCCC(N2CCN(CC(=O)Nc3cc(Cl)ccc3-n3cncn3)CC2)C1. The molecule has 1 unspecified atom stereocenters. The van der Waals surface area contributed by atoms with Crippen molar-refractivity contribution in [1.29, 1.82) is 0 Å². The van der Waals surface area contributed by atoms with Gasteiger partial charge in [0.05, 0.1) is 17.9 Å². The molecule has 1 aromatic heterocycles. The quantitative estimate of drug-likeness (QED) is 0.796. The normalized spacial score (nSPS) is 21.9. The van der Waals surface area contributed by atoms with Gasteiger partial charge in [-0.05, 0) is 44.6 Å². The van der Waals surface area contributed by atoms with E-state index in [1.807, 2.05) is 6.07 Å². The number of hydrogen-bond acceptors (Lipinski definition) is 6. The van der Waals surface area contributed by atoms with E-state index in [2.05, 4.69) is 37.1 Å². The molecule has 3 heterocycles. The second-order valence-corrected chi connectivity index (χ2v) is 8.36. The Morgan fingerprint density at radius 1 is 1.24 bits per heavy atom. The lowest BCUT2D eigenvalue weighted by molar-refractivity contribution is -0.117. The van der Waals surface area contributed by atoms with Crippen LogP contribution in [0.25, 0.3) is 5.69 Å². The van der Waals surface area contributed by atoms with Crippen molar-refractivity contribution < 1.29 is 4.79 Å². The summed E-state index contributed by atoms with van der Waals surface area (Å²) < 4.78 is 1.62. The van der Waals surface area contributed by atoms with Gasteiger partial charge in [0, 0.05) is 43.8 Å². The number of aromatic nitrogens is 3. The number of hydrogen-bond donors (Lipinski definition) is 1. The van der Waals surface area contributed by atoms with Crippen molar-refractivity contribution in [2.45, 2.75) is 18.9 Å². The number of likely N-dealkylation sites (N-methyl/N-ethyl adjacent to an activating group) is 1. The van der Waals surface area contributed by atoms with Crippen LogP contribution in [0.4, 0.5) is 5.69 Å². The van der Waals surface area contributed by atoms with Gasteiger partial charge >= 0.3 is 0 Å². The first-order chi connectivity index (χ1) is 14.1. The lowest BCUT2D eigenvalue weighted by Crippen LogP contribution is -2.55. The number of halogens is 1. The number of carbonyl (C=O) groups is 1. The molecule has 0 bridgehead atoms. The number of piperidine rings is 1. The Morgan fingerprint density at radius 2 is 2.07 bits per heavy atom. The van der Waals surface area contributed by atoms with E-state index in [-0.39, 0.29) is 5.91 Å². The maximum Gasteiger partial charge on any atom is 0.238 e. The monoisotopic (exact) mass is 417 g/mol. The molecule has 0 saturated carbocycles. The molecule has 2 aromatic rings. The van der Waals surface area contributed by atoms with Gasteiger partial charge in [-0.15, -0.1) is 0 Å². The molecule has 0 aliphatic carbocycles. The standard InChI is InChI=1S/C20H28ClN7O/c1-25-6-2-3-17(12-25)27-9-7-26(8-10-27)13-20(29)24-18-11-16(21)4-5-19(18)28-15-22-14-23-28/h4-5,11,14-15,17H,2-3,6-10,12-13H2,1H3,(H,24,29). The zero-order valence-corrected chi connectivity index (χ0v) is 17.6. The smallest absolute Gasteiger partial charge is 0.238 e. The summed E-state index contributed by atoms with van der Waals surface area (Å²) in [6, 6.07) is 6.00. The van der Waals surface area contributed by atoms with Crippen LogP contribution in [0.1, 0.15) is 12.8 Å². The van der Waals surface area contributed by atoms with Crippen LogP contribution in [0.5, 0.6) is 0 Å². The van der Waals surface area contributed by atoms with Crippen LogP contribution in [0.2, 0.25) is 5.02 Å². The fourth-order valence-corrected chi connectivity index (χ4v) is 4.43. The van der Waals surface area contributed by atoms with Crippen LogP contribution in [0.3, 0.4) is 0 Å². The molecule has 4 rings (SSSR count). The summed E-state index contributed by atoms with van der Waals surface area (Å²) in [5, 5.41) is 7.71. The predicted octanol–water partition coefficient (Wildman–Crippen LogP) is 1.57. The lowest BCUT2D eigenvalue weighted by Gasteiger charge is -2.42. The highest BCUT2D eigenvalue weighted by Gasteiger charge is 2.27. The van der Waals surface area contributed by atoms with E-state index in [0.29, 0.717) is 23.3 Å². The molecule has 2 saturated heterocycles. The van der Waals surface area contributed by atoms with Crippen LogP contribution in [-0.4, -0.2) is 94.3 Å². The van der Waals surface area contributed by atoms with Gasteiger partial charge in [-0.2, -0.15) is 5.10 Å². The third-order valence-electron chi connectivity index (χ3n) is 5.79. The largest absolute Gasteiger partial charge is 0.323 e. The van der Waals surface area contributed by atoms with E-state index in [0.717, 1.165) is 38.4 Å². The van der Waals surface area contributed by atoms with E-state index >= 15 is 0 Å². The molecule has 1 amide bonds. The highest BCUT2D eigenvalue weighted by Crippen LogP contribution is 2.24.